The van der Waals surface area contributed by atoms with Gasteiger partial charge in [-0.05, 0) is 19.1 Å². The van der Waals surface area contributed by atoms with E-state index >= 15 is 0 Å². The Kier molecular flexibility index (Phi) is 2.45. The van der Waals surface area contributed by atoms with Crippen LogP contribution in [0.15, 0.2) is 18.2 Å². The van der Waals surface area contributed by atoms with Crippen molar-refractivity contribution in [2.24, 2.45) is 0 Å². The maximum absolute atomic E-state index is 9.03. The summed E-state index contributed by atoms with van der Waals surface area (Å²) in [6.07, 6.45) is -0.472. The third-order valence-electron chi connectivity index (χ3n) is 1.84. The number of aliphatic hydroxyl groups is 1. The van der Waals surface area contributed by atoms with E-state index in [1.165, 1.54) is 0 Å². The molecule has 1 heterocycles. The van der Waals surface area contributed by atoms with Crippen molar-refractivity contribution in [3.63, 3.8) is 0 Å². The minimum absolute atomic E-state index is 0.259. The van der Waals surface area contributed by atoms with Crippen LogP contribution in [0.2, 0.25) is 0 Å². The monoisotopic (exact) mass is 196 g/mol. The van der Waals surface area contributed by atoms with Crippen LogP contribution < -0.4 is 14.2 Å². The molecule has 0 fully saturated rings. The van der Waals surface area contributed by atoms with Gasteiger partial charge in [0.1, 0.15) is 12.4 Å². The Morgan fingerprint density at radius 2 is 2.21 bits per heavy atom. The number of aliphatic hydroxyl groups excluding tert-OH is 1. The van der Waals surface area contributed by atoms with Gasteiger partial charge in [0.05, 0.1) is 6.10 Å². The summed E-state index contributed by atoms with van der Waals surface area (Å²) in [5.41, 5.74) is 0. The Labute approximate surface area is 82.0 Å². The number of fused-ring (bicyclic) bond motifs is 1. The molecule has 1 aliphatic heterocycles. The van der Waals surface area contributed by atoms with Gasteiger partial charge in [0.15, 0.2) is 11.5 Å². The van der Waals surface area contributed by atoms with Crippen molar-refractivity contribution >= 4 is 0 Å². The smallest absolute Gasteiger partial charge is 0.231 e. The lowest BCUT2D eigenvalue weighted by atomic mass is 10.3. The standard InChI is InChI=1S/C10H12O4/c1-7(11)5-12-8-2-3-9-10(4-8)14-6-13-9/h2-4,7,11H,5-6H2,1H3/t7-/m1/s1. The molecule has 0 saturated carbocycles. The highest BCUT2D eigenvalue weighted by Crippen LogP contribution is 2.34. The molecule has 0 bridgehead atoms. The fourth-order valence-corrected chi connectivity index (χ4v) is 1.18. The summed E-state index contributed by atoms with van der Waals surface area (Å²) < 4.78 is 15.6. The molecule has 14 heavy (non-hydrogen) atoms. The van der Waals surface area contributed by atoms with Crippen molar-refractivity contribution < 1.29 is 19.3 Å². The second kappa shape index (κ2) is 3.75. The molecule has 0 unspecified atom stereocenters. The van der Waals surface area contributed by atoms with E-state index in [9.17, 15) is 0 Å². The van der Waals surface area contributed by atoms with Gasteiger partial charge in [0, 0.05) is 6.07 Å². The summed E-state index contributed by atoms with van der Waals surface area (Å²) in [6.45, 7) is 2.21. The van der Waals surface area contributed by atoms with Crippen LogP contribution in [0.3, 0.4) is 0 Å². The predicted molar refractivity (Wildman–Crippen MR) is 49.7 cm³/mol. The predicted octanol–water partition coefficient (Wildman–Crippen LogP) is 1.17. The molecule has 1 N–H and O–H groups in total. The first-order valence-corrected chi connectivity index (χ1v) is 4.46. The first-order chi connectivity index (χ1) is 6.75. The largest absolute Gasteiger partial charge is 0.491 e. The average molecular weight is 196 g/mol. The molecule has 0 amide bonds. The Morgan fingerprint density at radius 3 is 3.00 bits per heavy atom. The summed E-state index contributed by atoms with van der Waals surface area (Å²) >= 11 is 0. The molecule has 2 rings (SSSR count). The van der Waals surface area contributed by atoms with Crippen LogP contribution in [0, 0.1) is 0 Å². The molecule has 0 aliphatic carbocycles. The van der Waals surface area contributed by atoms with E-state index in [0.717, 1.165) is 5.75 Å². The lowest BCUT2D eigenvalue weighted by Gasteiger charge is -2.08. The van der Waals surface area contributed by atoms with Gasteiger partial charge in [0.2, 0.25) is 6.79 Å². The van der Waals surface area contributed by atoms with Crippen LogP contribution in [0.5, 0.6) is 17.2 Å². The number of hydrogen-bond acceptors (Lipinski definition) is 4. The number of hydrogen-bond donors (Lipinski definition) is 1. The minimum Gasteiger partial charge on any atom is -0.491 e. The average Bonchev–Trinajstić information content (AvgIpc) is 2.61. The first kappa shape index (κ1) is 9.15. The summed E-state index contributed by atoms with van der Waals surface area (Å²) in [7, 11) is 0. The molecule has 1 aliphatic rings. The first-order valence-electron chi connectivity index (χ1n) is 4.46. The van der Waals surface area contributed by atoms with E-state index in [4.69, 9.17) is 19.3 Å². The maximum atomic E-state index is 9.03. The van der Waals surface area contributed by atoms with Gasteiger partial charge in [-0.15, -0.1) is 0 Å². The molecule has 4 nitrogen and oxygen atoms in total. The second-order valence-corrected chi connectivity index (χ2v) is 3.18. The molecule has 0 aromatic heterocycles. The number of ether oxygens (including phenoxy) is 3. The van der Waals surface area contributed by atoms with E-state index in [0.29, 0.717) is 11.5 Å². The quantitative estimate of drug-likeness (QED) is 0.788. The maximum Gasteiger partial charge on any atom is 0.231 e. The van der Waals surface area contributed by atoms with Crippen LogP contribution in [-0.2, 0) is 0 Å². The van der Waals surface area contributed by atoms with Crippen LogP contribution in [0.4, 0.5) is 0 Å². The summed E-state index contributed by atoms with van der Waals surface area (Å²) in [5.74, 6) is 2.10. The molecule has 1 atom stereocenters. The number of rotatable bonds is 3. The Hall–Kier alpha value is -1.42. The molecule has 0 saturated heterocycles. The Morgan fingerprint density at radius 1 is 1.43 bits per heavy atom. The van der Waals surface area contributed by atoms with Gasteiger partial charge in [-0.1, -0.05) is 0 Å². The molecule has 0 radical (unpaired) electrons. The highest BCUT2D eigenvalue weighted by molar-refractivity contribution is 5.46. The lowest BCUT2D eigenvalue weighted by molar-refractivity contribution is 0.122. The zero-order valence-electron chi connectivity index (χ0n) is 7.90. The third kappa shape index (κ3) is 1.90. The lowest BCUT2D eigenvalue weighted by Crippen LogP contribution is -2.12. The number of benzene rings is 1. The van der Waals surface area contributed by atoms with Crippen molar-refractivity contribution in [3.05, 3.63) is 18.2 Å². The molecule has 4 heteroatoms. The van der Waals surface area contributed by atoms with Crippen molar-refractivity contribution in [1.82, 2.24) is 0 Å². The van der Waals surface area contributed by atoms with Gasteiger partial charge in [-0.2, -0.15) is 0 Å². The van der Waals surface area contributed by atoms with Gasteiger partial charge < -0.3 is 19.3 Å². The van der Waals surface area contributed by atoms with E-state index in [2.05, 4.69) is 0 Å². The van der Waals surface area contributed by atoms with E-state index in [1.54, 1.807) is 25.1 Å². The zero-order chi connectivity index (χ0) is 9.97. The molecular weight excluding hydrogens is 184 g/mol. The van der Waals surface area contributed by atoms with Crippen molar-refractivity contribution in [2.45, 2.75) is 13.0 Å². The molecule has 76 valence electrons. The zero-order valence-corrected chi connectivity index (χ0v) is 7.90. The fourth-order valence-electron chi connectivity index (χ4n) is 1.18. The summed E-state index contributed by atoms with van der Waals surface area (Å²) in [5, 5.41) is 9.03. The molecule has 0 spiro atoms. The summed E-state index contributed by atoms with van der Waals surface area (Å²) in [4.78, 5) is 0. The third-order valence-corrected chi connectivity index (χ3v) is 1.84. The normalized spacial score (nSPS) is 15.3. The topological polar surface area (TPSA) is 47.9 Å². The van der Waals surface area contributed by atoms with E-state index in [1.807, 2.05) is 0 Å². The van der Waals surface area contributed by atoms with Crippen molar-refractivity contribution in [1.29, 1.82) is 0 Å². The van der Waals surface area contributed by atoms with Crippen molar-refractivity contribution in [2.75, 3.05) is 13.4 Å². The minimum atomic E-state index is -0.472. The van der Waals surface area contributed by atoms with Gasteiger partial charge in [0.25, 0.3) is 0 Å². The van der Waals surface area contributed by atoms with Crippen molar-refractivity contribution in [3.8, 4) is 17.2 Å². The Balaban J connectivity index is 2.05. The van der Waals surface area contributed by atoms with E-state index in [-0.39, 0.29) is 13.4 Å². The molecular formula is C10H12O4. The van der Waals surface area contributed by atoms with E-state index < -0.39 is 6.10 Å². The SMILES string of the molecule is C[C@@H](O)COc1ccc2c(c1)OCO2. The van der Waals surface area contributed by atoms with Gasteiger partial charge >= 0.3 is 0 Å². The fraction of sp³-hybridized carbons (Fsp3) is 0.400. The highest BCUT2D eigenvalue weighted by atomic mass is 16.7. The Bertz CT molecular complexity index is 322. The van der Waals surface area contributed by atoms with Crippen LogP contribution in [0.1, 0.15) is 6.92 Å². The van der Waals surface area contributed by atoms with Crippen LogP contribution >= 0.6 is 0 Å². The highest BCUT2D eigenvalue weighted by Gasteiger charge is 2.13. The second-order valence-electron chi connectivity index (χ2n) is 3.18. The molecule has 1 aromatic rings. The summed E-state index contributed by atoms with van der Waals surface area (Å²) in [6, 6.07) is 5.33. The van der Waals surface area contributed by atoms with Gasteiger partial charge in [-0.3, -0.25) is 0 Å². The van der Waals surface area contributed by atoms with Crippen LogP contribution in [-0.4, -0.2) is 24.6 Å². The molecule has 1 aromatic carbocycles. The van der Waals surface area contributed by atoms with Crippen LogP contribution in [0.25, 0.3) is 0 Å². The van der Waals surface area contributed by atoms with Gasteiger partial charge in [-0.25, -0.2) is 0 Å².